The zero-order valence-electron chi connectivity index (χ0n) is 13.5. The molecule has 5 nitrogen and oxygen atoms in total. The van der Waals surface area contributed by atoms with Gasteiger partial charge in [0.2, 0.25) is 0 Å². The number of H-pyrrole nitrogens is 1. The van der Waals surface area contributed by atoms with Crippen molar-refractivity contribution >= 4 is 36.7 Å². The number of anilines is 1. The Morgan fingerprint density at radius 2 is 2.10 bits per heavy atom. The van der Waals surface area contributed by atoms with Gasteiger partial charge in [0, 0.05) is 12.8 Å². The number of halogens is 1. The van der Waals surface area contributed by atoms with E-state index in [1.807, 2.05) is 0 Å². The molecule has 2 N–H and O–H groups in total. The highest BCUT2D eigenvalue weighted by Gasteiger charge is 2.36. The normalized spacial score (nSPS) is 12.5. The number of hydrogen-bond acceptors (Lipinski definition) is 4. The summed E-state index contributed by atoms with van der Waals surface area (Å²) in [5, 5.41) is 3.19. The summed E-state index contributed by atoms with van der Waals surface area (Å²) in [6.07, 6.45) is 3.41. The van der Waals surface area contributed by atoms with Gasteiger partial charge < -0.3 is 14.7 Å². The average Bonchev–Trinajstić information content (AvgIpc) is 2.37. The van der Waals surface area contributed by atoms with E-state index < -0.39 is 8.32 Å². The fourth-order valence-corrected chi connectivity index (χ4v) is 3.00. The van der Waals surface area contributed by atoms with E-state index in [4.69, 9.17) is 4.43 Å². The van der Waals surface area contributed by atoms with Crippen molar-refractivity contribution in [3.05, 3.63) is 22.2 Å². The lowest BCUT2D eigenvalue weighted by molar-refractivity contribution is 0.282. The molecule has 0 atom stereocenters. The monoisotopic (exact) mass is 423 g/mol. The maximum absolute atomic E-state index is 11.5. The molecule has 0 amide bonds. The Bertz CT molecular complexity index is 512. The van der Waals surface area contributed by atoms with E-state index in [0.29, 0.717) is 10.4 Å². The van der Waals surface area contributed by atoms with Crippen LogP contribution in [0.15, 0.2) is 11.0 Å². The minimum absolute atomic E-state index is 0.173. The van der Waals surface area contributed by atoms with Crippen LogP contribution in [0.25, 0.3) is 0 Å². The molecule has 1 aromatic rings. The quantitative estimate of drug-likeness (QED) is 0.232. The molecular formula is C14H26IN3O2Si. The standard InChI is InChI=1S/C14H26IN3O2Si/c1-14(2,3)21(4,5)20-8-6-7-11-9-16-13(19)12(18-11)17-10-15/h9H,6-8,10H2,1-5H3,(H,16,19)(H,17,18). The van der Waals surface area contributed by atoms with Crippen molar-refractivity contribution in [1.29, 1.82) is 0 Å². The molecule has 7 heteroatoms. The van der Waals surface area contributed by atoms with E-state index in [9.17, 15) is 4.79 Å². The van der Waals surface area contributed by atoms with E-state index in [2.05, 4.69) is 71.7 Å². The first-order valence-corrected chi connectivity index (χ1v) is 11.6. The second-order valence-electron chi connectivity index (χ2n) is 6.59. The summed E-state index contributed by atoms with van der Waals surface area (Å²) >= 11 is 2.15. The number of aromatic amines is 1. The molecule has 0 fully saturated rings. The van der Waals surface area contributed by atoms with Gasteiger partial charge in [0.05, 0.1) is 10.2 Å². The fraction of sp³-hybridized carbons (Fsp3) is 0.714. The summed E-state index contributed by atoms with van der Waals surface area (Å²) in [4.78, 5) is 18.6. The van der Waals surface area contributed by atoms with Crippen LogP contribution in [-0.2, 0) is 10.8 Å². The van der Waals surface area contributed by atoms with Crippen LogP contribution in [-0.4, -0.2) is 29.4 Å². The lowest BCUT2D eigenvalue weighted by Gasteiger charge is -2.36. The molecule has 0 aliphatic carbocycles. The highest BCUT2D eigenvalue weighted by atomic mass is 127. The molecule has 0 saturated carbocycles. The molecule has 1 rings (SSSR count). The number of aromatic nitrogens is 2. The zero-order valence-corrected chi connectivity index (χ0v) is 16.7. The molecule has 1 heterocycles. The van der Waals surface area contributed by atoms with E-state index in [1.165, 1.54) is 0 Å². The Balaban J connectivity index is 2.50. The number of nitrogens with zero attached hydrogens (tertiary/aromatic N) is 1. The predicted octanol–water partition coefficient (Wildman–Crippen LogP) is 3.53. The van der Waals surface area contributed by atoms with Crippen molar-refractivity contribution in [2.24, 2.45) is 0 Å². The summed E-state index contributed by atoms with van der Waals surface area (Å²) in [7, 11) is -1.67. The number of nitrogens with one attached hydrogen (secondary N) is 2. The number of rotatable bonds is 7. The molecule has 120 valence electrons. The van der Waals surface area contributed by atoms with Gasteiger partial charge in [0.25, 0.3) is 5.56 Å². The highest BCUT2D eigenvalue weighted by molar-refractivity contribution is 14.1. The van der Waals surface area contributed by atoms with Gasteiger partial charge in [-0.2, -0.15) is 0 Å². The molecular weight excluding hydrogens is 397 g/mol. The lowest BCUT2D eigenvalue weighted by atomic mass is 10.2. The third-order valence-electron chi connectivity index (χ3n) is 3.92. The van der Waals surface area contributed by atoms with E-state index >= 15 is 0 Å². The molecule has 0 aliphatic heterocycles. The van der Waals surface area contributed by atoms with Crippen LogP contribution in [0.3, 0.4) is 0 Å². The van der Waals surface area contributed by atoms with Crippen LogP contribution in [0.1, 0.15) is 32.9 Å². The van der Waals surface area contributed by atoms with Gasteiger partial charge in [-0.05, 0) is 31.0 Å². The highest BCUT2D eigenvalue weighted by Crippen LogP contribution is 2.36. The Kier molecular flexibility index (Phi) is 6.86. The summed E-state index contributed by atoms with van der Waals surface area (Å²) in [6.45, 7) is 12.0. The molecule has 0 saturated heterocycles. The molecule has 0 bridgehead atoms. The predicted molar refractivity (Wildman–Crippen MR) is 98.8 cm³/mol. The first-order valence-electron chi connectivity index (χ1n) is 7.20. The van der Waals surface area contributed by atoms with Crippen molar-refractivity contribution in [2.45, 2.75) is 51.7 Å². The molecule has 0 aliphatic rings. The fourth-order valence-electron chi connectivity index (χ4n) is 1.55. The van der Waals surface area contributed by atoms with Crippen molar-refractivity contribution in [3.63, 3.8) is 0 Å². The smallest absolute Gasteiger partial charge is 0.290 e. The second kappa shape index (κ2) is 7.73. The van der Waals surface area contributed by atoms with Crippen molar-refractivity contribution < 1.29 is 4.43 Å². The topological polar surface area (TPSA) is 67.0 Å². The number of alkyl halides is 1. The van der Waals surface area contributed by atoms with Crippen LogP contribution in [0.2, 0.25) is 18.1 Å². The van der Waals surface area contributed by atoms with Gasteiger partial charge in [-0.15, -0.1) is 0 Å². The summed E-state index contributed by atoms with van der Waals surface area (Å²) in [5.41, 5.74) is 0.716. The van der Waals surface area contributed by atoms with E-state index in [-0.39, 0.29) is 10.6 Å². The third kappa shape index (κ3) is 5.71. The van der Waals surface area contributed by atoms with Gasteiger partial charge in [-0.3, -0.25) is 4.79 Å². The Hall–Kier alpha value is -0.413. The molecule has 0 radical (unpaired) electrons. The third-order valence-corrected chi connectivity index (χ3v) is 8.84. The minimum atomic E-state index is -1.67. The van der Waals surface area contributed by atoms with Crippen molar-refractivity contribution in [2.75, 3.05) is 16.5 Å². The van der Waals surface area contributed by atoms with Gasteiger partial charge >= 0.3 is 0 Å². The van der Waals surface area contributed by atoms with Crippen LogP contribution < -0.4 is 10.9 Å². The zero-order chi connectivity index (χ0) is 16.1. The van der Waals surface area contributed by atoms with Crippen LogP contribution in [0.4, 0.5) is 5.82 Å². The maximum atomic E-state index is 11.5. The lowest BCUT2D eigenvalue weighted by Crippen LogP contribution is -2.41. The molecule has 0 aromatic carbocycles. The van der Waals surface area contributed by atoms with Crippen LogP contribution in [0, 0.1) is 0 Å². The molecule has 21 heavy (non-hydrogen) atoms. The first-order chi connectivity index (χ1) is 9.67. The summed E-state index contributed by atoms with van der Waals surface area (Å²) < 4.78 is 6.80. The molecule has 0 unspecified atom stereocenters. The van der Waals surface area contributed by atoms with E-state index in [0.717, 1.165) is 25.1 Å². The van der Waals surface area contributed by atoms with Crippen LogP contribution in [0.5, 0.6) is 0 Å². The van der Waals surface area contributed by atoms with Gasteiger partial charge in [-0.1, -0.05) is 43.4 Å². The summed E-state index contributed by atoms with van der Waals surface area (Å²) in [5.74, 6) is 0.396. The Morgan fingerprint density at radius 3 is 2.67 bits per heavy atom. The maximum Gasteiger partial charge on any atom is 0.290 e. The number of hydrogen-bond donors (Lipinski definition) is 2. The number of aryl methyl sites for hydroxylation is 1. The largest absolute Gasteiger partial charge is 0.417 e. The second-order valence-corrected chi connectivity index (χ2v) is 12.2. The SMILES string of the molecule is CC(C)(C)[Si](C)(C)OCCCc1c[nH]c(=O)c(NCI)n1. The van der Waals surface area contributed by atoms with Crippen LogP contribution >= 0.6 is 22.6 Å². The van der Waals surface area contributed by atoms with Crippen molar-refractivity contribution in [1.82, 2.24) is 9.97 Å². The average molecular weight is 423 g/mol. The van der Waals surface area contributed by atoms with Crippen molar-refractivity contribution in [3.8, 4) is 0 Å². The Morgan fingerprint density at radius 1 is 1.43 bits per heavy atom. The van der Waals surface area contributed by atoms with Gasteiger partial charge in [0.1, 0.15) is 0 Å². The molecule has 1 aromatic heterocycles. The van der Waals surface area contributed by atoms with Gasteiger partial charge in [-0.25, -0.2) is 4.98 Å². The van der Waals surface area contributed by atoms with Gasteiger partial charge in [0.15, 0.2) is 14.1 Å². The minimum Gasteiger partial charge on any atom is -0.417 e. The van der Waals surface area contributed by atoms with E-state index in [1.54, 1.807) is 6.20 Å². The Labute approximate surface area is 141 Å². The first kappa shape index (κ1) is 18.6. The summed E-state index contributed by atoms with van der Waals surface area (Å²) in [6, 6.07) is 0. The molecule has 0 spiro atoms.